The Balaban J connectivity index is 2.19. The normalized spacial score (nSPS) is 13.1. The van der Waals surface area contributed by atoms with Gasteiger partial charge < -0.3 is 14.3 Å². The Labute approximate surface area is 122 Å². The van der Waals surface area contributed by atoms with E-state index in [-0.39, 0.29) is 6.42 Å². The average molecular weight is 290 g/mol. The summed E-state index contributed by atoms with van der Waals surface area (Å²) in [7, 11) is 0. The SMILES string of the molecule is CC(C)(C)OC(=O)C(Cc1cc2ccccc2o1)C(=O)O. The summed E-state index contributed by atoms with van der Waals surface area (Å²) in [5, 5.41) is 10.1. The van der Waals surface area contributed by atoms with E-state index in [4.69, 9.17) is 9.15 Å². The van der Waals surface area contributed by atoms with Gasteiger partial charge in [-0.3, -0.25) is 9.59 Å². The Morgan fingerprint density at radius 1 is 1.29 bits per heavy atom. The second kappa shape index (κ2) is 5.60. The molecule has 1 unspecified atom stereocenters. The van der Waals surface area contributed by atoms with Crippen LogP contribution in [0, 0.1) is 5.92 Å². The Bertz CT molecular complexity index is 630. The summed E-state index contributed by atoms with van der Waals surface area (Å²) in [5.41, 5.74) is -0.0561. The zero-order valence-corrected chi connectivity index (χ0v) is 12.3. The van der Waals surface area contributed by atoms with Crippen molar-refractivity contribution in [3.8, 4) is 0 Å². The van der Waals surface area contributed by atoms with Crippen LogP contribution in [0.1, 0.15) is 26.5 Å². The molecule has 0 spiro atoms. The van der Waals surface area contributed by atoms with Gasteiger partial charge in [-0.15, -0.1) is 0 Å². The standard InChI is InChI=1S/C16H18O5/c1-16(2,3)21-15(19)12(14(17)18)9-11-8-10-6-4-5-7-13(10)20-11/h4-8,12H,9H2,1-3H3,(H,17,18). The summed E-state index contributed by atoms with van der Waals surface area (Å²) in [6.07, 6.45) is -0.0288. The zero-order valence-electron chi connectivity index (χ0n) is 12.3. The lowest BCUT2D eigenvalue weighted by molar-refractivity contribution is -0.166. The molecule has 0 radical (unpaired) electrons. The third kappa shape index (κ3) is 3.84. The molecular weight excluding hydrogens is 272 g/mol. The molecule has 1 heterocycles. The number of rotatable bonds is 4. The van der Waals surface area contributed by atoms with Crippen molar-refractivity contribution in [1.82, 2.24) is 0 Å². The number of carbonyl (C=O) groups excluding carboxylic acids is 1. The van der Waals surface area contributed by atoms with Crippen molar-refractivity contribution >= 4 is 22.9 Å². The number of carboxylic acid groups (broad SMARTS) is 1. The van der Waals surface area contributed by atoms with Crippen LogP contribution in [-0.4, -0.2) is 22.6 Å². The van der Waals surface area contributed by atoms with Gasteiger partial charge in [0.2, 0.25) is 0 Å². The van der Waals surface area contributed by atoms with Gasteiger partial charge in [0.25, 0.3) is 0 Å². The van der Waals surface area contributed by atoms with Crippen molar-refractivity contribution in [1.29, 1.82) is 0 Å². The fourth-order valence-corrected chi connectivity index (χ4v) is 1.98. The van der Waals surface area contributed by atoms with Gasteiger partial charge in [0.15, 0.2) is 5.92 Å². The topological polar surface area (TPSA) is 76.7 Å². The maximum Gasteiger partial charge on any atom is 0.321 e. The predicted octanol–water partition coefficient (Wildman–Crippen LogP) is 3.02. The van der Waals surface area contributed by atoms with Crippen LogP contribution in [-0.2, 0) is 20.7 Å². The molecule has 0 bridgehead atoms. The first-order valence-electron chi connectivity index (χ1n) is 6.69. The molecular formula is C16H18O5. The van der Waals surface area contributed by atoms with E-state index in [2.05, 4.69) is 0 Å². The smallest absolute Gasteiger partial charge is 0.321 e. The Hall–Kier alpha value is -2.30. The van der Waals surface area contributed by atoms with Crippen molar-refractivity contribution < 1.29 is 23.8 Å². The molecule has 2 rings (SSSR count). The van der Waals surface area contributed by atoms with E-state index < -0.39 is 23.5 Å². The molecule has 0 fully saturated rings. The van der Waals surface area contributed by atoms with Crippen LogP contribution in [0.15, 0.2) is 34.7 Å². The molecule has 5 nitrogen and oxygen atoms in total. The highest BCUT2D eigenvalue weighted by molar-refractivity contribution is 5.94. The number of esters is 1. The number of para-hydroxylation sites is 1. The zero-order chi connectivity index (χ0) is 15.6. The third-order valence-corrected chi connectivity index (χ3v) is 2.87. The van der Waals surface area contributed by atoms with Crippen LogP contribution in [0.3, 0.4) is 0 Å². The van der Waals surface area contributed by atoms with Gasteiger partial charge in [-0.2, -0.15) is 0 Å². The number of fused-ring (bicyclic) bond motifs is 1. The van der Waals surface area contributed by atoms with Crippen LogP contribution < -0.4 is 0 Å². The largest absolute Gasteiger partial charge is 0.481 e. The lowest BCUT2D eigenvalue weighted by Gasteiger charge is -2.21. The Morgan fingerprint density at radius 2 is 1.95 bits per heavy atom. The quantitative estimate of drug-likeness (QED) is 0.692. The van der Waals surface area contributed by atoms with Gasteiger partial charge in [0.05, 0.1) is 0 Å². The van der Waals surface area contributed by atoms with Gasteiger partial charge in [-0.25, -0.2) is 0 Å². The second-order valence-corrected chi connectivity index (χ2v) is 5.88. The highest BCUT2D eigenvalue weighted by Crippen LogP contribution is 2.22. The van der Waals surface area contributed by atoms with Gasteiger partial charge >= 0.3 is 11.9 Å². The molecule has 1 atom stereocenters. The fraction of sp³-hybridized carbons (Fsp3) is 0.375. The number of carbonyl (C=O) groups is 2. The first kappa shape index (κ1) is 15.1. The number of ether oxygens (including phenoxy) is 1. The first-order chi connectivity index (χ1) is 9.76. The van der Waals surface area contributed by atoms with E-state index in [1.807, 2.05) is 18.2 Å². The lowest BCUT2D eigenvalue weighted by atomic mass is 10.0. The second-order valence-electron chi connectivity index (χ2n) is 5.88. The first-order valence-corrected chi connectivity index (χ1v) is 6.69. The molecule has 0 aliphatic rings. The molecule has 0 saturated carbocycles. The van der Waals surface area contributed by atoms with E-state index in [0.29, 0.717) is 11.3 Å². The molecule has 0 aliphatic carbocycles. The summed E-state index contributed by atoms with van der Waals surface area (Å²) >= 11 is 0. The van der Waals surface area contributed by atoms with Gasteiger partial charge in [0.1, 0.15) is 16.9 Å². The minimum absolute atomic E-state index is 0.0288. The van der Waals surface area contributed by atoms with Gasteiger partial charge in [0, 0.05) is 11.8 Å². The minimum Gasteiger partial charge on any atom is -0.481 e. The van der Waals surface area contributed by atoms with E-state index in [1.165, 1.54) is 0 Å². The summed E-state index contributed by atoms with van der Waals surface area (Å²) < 4.78 is 10.7. The summed E-state index contributed by atoms with van der Waals surface area (Å²) in [6.45, 7) is 5.10. The molecule has 0 aliphatic heterocycles. The Kier molecular flexibility index (Phi) is 4.02. The molecule has 112 valence electrons. The minimum atomic E-state index is -1.27. The number of benzene rings is 1. The monoisotopic (exact) mass is 290 g/mol. The van der Waals surface area contributed by atoms with Crippen LogP contribution >= 0.6 is 0 Å². The van der Waals surface area contributed by atoms with E-state index in [1.54, 1.807) is 32.9 Å². The van der Waals surface area contributed by atoms with Crippen molar-refractivity contribution in [2.45, 2.75) is 32.8 Å². The molecule has 1 aromatic carbocycles. The predicted molar refractivity (Wildman–Crippen MR) is 76.9 cm³/mol. The van der Waals surface area contributed by atoms with Crippen LogP contribution in [0.4, 0.5) is 0 Å². The highest BCUT2D eigenvalue weighted by Gasteiger charge is 2.32. The molecule has 0 saturated heterocycles. The molecule has 0 amide bonds. The molecule has 21 heavy (non-hydrogen) atoms. The van der Waals surface area contributed by atoms with Crippen molar-refractivity contribution in [3.63, 3.8) is 0 Å². The maximum atomic E-state index is 12.0. The molecule has 2 aromatic rings. The van der Waals surface area contributed by atoms with E-state index in [0.717, 1.165) is 5.39 Å². The summed E-state index contributed by atoms with van der Waals surface area (Å²) in [4.78, 5) is 23.3. The maximum absolute atomic E-state index is 12.0. The van der Waals surface area contributed by atoms with E-state index in [9.17, 15) is 14.7 Å². The highest BCUT2D eigenvalue weighted by atomic mass is 16.6. The van der Waals surface area contributed by atoms with Crippen molar-refractivity contribution in [2.75, 3.05) is 0 Å². The van der Waals surface area contributed by atoms with Crippen LogP contribution in [0.5, 0.6) is 0 Å². The number of hydrogen-bond donors (Lipinski definition) is 1. The lowest BCUT2D eigenvalue weighted by Crippen LogP contribution is -2.33. The summed E-state index contributed by atoms with van der Waals surface area (Å²) in [6, 6.07) is 9.10. The van der Waals surface area contributed by atoms with Crippen molar-refractivity contribution in [3.05, 3.63) is 36.1 Å². The molecule has 5 heteroatoms. The number of furan rings is 1. The van der Waals surface area contributed by atoms with Gasteiger partial charge in [-0.1, -0.05) is 18.2 Å². The average Bonchev–Trinajstić information content (AvgIpc) is 2.75. The summed E-state index contributed by atoms with van der Waals surface area (Å²) in [5.74, 6) is -2.79. The van der Waals surface area contributed by atoms with Gasteiger partial charge in [-0.05, 0) is 32.9 Å². The van der Waals surface area contributed by atoms with E-state index >= 15 is 0 Å². The number of aliphatic carboxylic acids is 1. The van der Waals surface area contributed by atoms with Crippen LogP contribution in [0.2, 0.25) is 0 Å². The Morgan fingerprint density at radius 3 is 2.52 bits per heavy atom. The third-order valence-electron chi connectivity index (χ3n) is 2.87. The number of hydrogen-bond acceptors (Lipinski definition) is 4. The van der Waals surface area contributed by atoms with Crippen LogP contribution in [0.25, 0.3) is 11.0 Å². The van der Waals surface area contributed by atoms with Crippen molar-refractivity contribution in [2.24, 2.45) is 5.92 Å². The molecule has 1 aromatic heterocycles. The number of carboxylic acids is 1. The molecule has 1 N–H and O–H groups in total. The fourth-order valence-electron chi connectivity index (χ4n) is 1.98.